The van der Waals surface area contributed by atoms with E-state index in [9.17, 15) is 22.8 Å². The molecule has 8 unspecified atom stereocenters. The summed E-state index contributed by atoms with van der Waals surface area (Å²) in [6, 6.07) is 8.80. The molecule has 1 aromatic carbocycles. The molecule has 25 nitrogen and oxygen atoms in total. The fourth-order valence-corrected chi connectivity index (χ4v) is 27.5. The maximum atomic E-state index is 14.5. The molecule has 0 radical (unpaired) electrons. The van der Waals surface area contributed by atoms with Crippen LogP contribution in [0.2, 0.25) is 36.3 Å². The first-order valence-electron chi connectivity index (χ1n) is 50.4. The fourth-order valence-electron chi connectivity index (χ4n) is 24.6. The van der Waals surface area contributed by atoms with Crippen LogP contribution in [0.25, 0.3) is 0 Å². The van der Waals surface area contributed by atoms with Crippen LogP contribution in [-0.2, 0) is 109 Å². The van der Waals surface area contributed by atoms with Gasteiger partial charge in [-0.3, -0.25) is 13.8 Å². The Morgan fingerprint density at radius 2 is 0.886 bits per heavy atom. The maximum absolute atomic E-state index is 14.5. The molecule has 19 aliphatic heterocycles. The Balaban J connectivity index is 0.000000200. The van der Waals surface area contributed by atoms with Crippen molar-refractivity contribution in [3.8, 4) is 0 Å². The summed E-state index contributed by atoms with van der Waals surface area (Å²) in [4.78, 5) is 42.5. The molecule has 20 rings (SSSR count). The molecule has 19 aliphatic rings. The molecule has 19 saturated heterocycles. The van der Waals surface area contributed by atoms with Gasteiger partial charge in [-0.15, -0.1) is 0 Å². The van der Waals surface area contributed by atoms with Gasteiger partial charge in [-0.25, -0.2) is 4.79 Å². The second-order valence-corrected chi connectivity index (χ2v) is 57.4. The smallest absolute Gasteiger partial charge is 0.857 e. The second-order valence-electron chi connectivity index (χ2n) is 46.2. The molecule has 0 aromatic heterocycles. The normalized spacial score (nSPS) is 43.9. The van der Waals surface area contributed by atoms with Crippen LogP contribution < -0.4 is 56.5 Å². The van der Waals surface area contributed by atoms with Crippen molar-refractivity contribution in [2.45, 2.75) is 469 Å². The first kappa shape index (κ1) is 105. The van der Waals surface area contributed by atoms with E-state index in [0.717, 1.165) is 108 Å². The van der Waals surface area contributed by atoms with E-state index in [1.807, 2.05) is 6.07 Å². The zero-order chi connectivity index (χ0) is 93.7. The molecule has 38 atom stereocenters. The predicted molar refractivity (Wildman–Crippen MR) is 496 cm³/mol. The number of ether oxygens (including phenoxy) is 16. The van der Waals surface area contributed by atoms with E-state index >= 15 is 0 Å². The van der Waals surface area contributed by atoms with Crippen LogP contribution in [0.15, 0.2) is 78.9 Å². The van der Waals surface area contributed by atoms with Crippen LogP contribution in [0.5, 0.6) is 0 Å². The Hall–Kier alpha value is -1.75. The minimum absolute atomic E-state index is 0. The van der Waals surface area contributed by atoms with Gasteiger partial charge in [0.05, 0.1) is 116 Å². The van der Waals surface area contributed by atoms with Crippen molar-refractivity contribution in [3.05, 3.63) is 84.5 Å². The van der Waals surface area contributed by atoms with Gasteiger partial charge in [0.2, 0.25) is 0 Å². The second kappa shape index (κ2) is 42.3. The molecule has 0 aliphatic carbocycles. The number of carbonyl (C=O) groups is 3. The Morgan fingerprint density at radius 3 is 1.35 bits per heavy atom. The molecular weight excluding hydrogens is 1760 g/mol. The molecule has 0 saturated carbocycles. The summed E-state index contributed by atoms with van der Waals surface area (Å²) in [5.74, 6) is -0.553. The van der Waals surface area contributed by atoms with Crippen molar-refractivity contribution in [1.82, 2.24) is 0 Å². The average Bonchev–Trinajstić information content (AvgIpc) is 1.55. The molecule has 132 heavy (non-hydrogen) atoms. The number of benzene rings is 1. The molecule has 0 amide bonds. The van der Waals surface area contributed by atoms with Crippen molar-refractivity contribution in [2.24, 2.45) is 47.3 Å². The summed E-state index contributed by atoms with van der Waals surface area (Å²) >= 11 is 0. The quantitative estimate of drug-likeness (QED) is 0.0724. The van der Waals surface area contributed by atoms with E-state index in [-0.39, 0.29) is 262 Å². The molecule has 2 spiro atoms. The van der Waals surface area contributed by atoms with Gasteiger partial charge >= 0.3 is 57.4 Å². The van der Waals surface area contributed by atoms with Crippen molar-refractivity contribution < 1.29 is 168 Å². The minimum atomic E-state index is -3.93. The number of carbonyl (C=O) groups excluding carboxylic acids is 3. The van der Waals surface area contributed by atoms with Gasteiger partial charge in [0, 0.05) is 83.8 Å². The number of rotatable bonds is 14. The van der Waals surface area contributed by atoms with Crippen LogP contribution >= 0.6 is 0 Å². The molecule has 19 heterocycles. The van der Waals surface area contributed by atoms with E-state index in [1.165, 1.54) is 5.57 Å². The summed E-state index contributed by atoms with van der Waals surface area (Å²) in [6.07, 6.45) is 10.3. The number of esters is 1. The Kier molecular flexibility index (Phi) is 33.5. The molecule has 22 bridgehead atoms. The topological polar surface area (TPSA) is 284 Å². The number of Topliss-reactive ketones (excluding diaryl/α,β-unsaturated/α-hetero) is 2. The van der Waals surface area contributed by atoms with Crippen LogP contribution in [0.4, 0.5) is 0 Å². The Morgan fingerprint density at radius 1 is 0.470 bits per heavy atom. The number of hydrogen-bond acceptors (Lipinski definition) is 25. The SMILES string of the molecule is C=C1CC2CC[C@@]34C[C@H]5O[C@H]6C(O3)[C@H]3O[C@H](CC[C@@H]3O[C@H]6[C@H]5O4)CC(=O)CC3C(C[C@H]4O[C@@H](CCC1O2)C[C@@H](C)C4=C)O[C@H](C[C@H](C)CO[Si](C)(C)C(C)(C)C)[C@@H]3C.C=C1C[C@@H](OC(=O)c2ccccc2)CC[C@@]23C[C@H]4O[C@H]5C(O2)[C@H]2O[C@H](CC[C@@H]2O[C@H]5[C@H]4O3)CC(=O)CC2C(C[C@H]3O[C@@H](CC[C@H]1OS(C)(=O)=O)C[C@@H](C)C3=C)O[C@H](C[C@H](C)CO[Si](C)(C)C(C)(C)C)[C@@H]2C.C[O-].[K+]. The summed E-state index contributed by atoms with van der Waals surface area (Å²) in [5.41, 5.74) is 4.20. The summed E-state index contributed by atoms with van der Waals surface area (Å²) < 4.78 is 155. The Bertz CT molecular complexity index is 4310. The van der Waals surface area contributed by atoms with Gasteiger partial charge in [0.25, 0.3) is 10.1 Å². The van der Waals surface area contributed by atoms with Crippen molar-refractivity contribution in [3.63, 3.8) is 0 Å². The van der Waals surface area contributed by atoms with Gasteiger partial charge in [0.15, 0.2) is 28.2 Å². The first-order valence-corrected chi connectivity index (χ1v) is 58.0. The molecule has 29 heteroatoms. The Labute approximate surface area is 832 Å². The molecular formula is C103H159KO25SSi2. The van der Waals surface area contributed by atoms with Crippen LogP contribution in [0.3, 0.4) is 0 Å². The standard InChI is InChI=1S/C55H82O14SSi.C47H74O10Si.CH3O.K/c1-31(30-60-71(10,11)54(6,7)8)23-44-35(5)41-27-37(56)26-39-18-20-43-48(62-39)52-51-50(65-43)49-47(66-51)29-55(67-49,68-52)22-21-40(63-53(57)36-15-13-12-14-16-36)25-33(3)42(69-70(9,58)59)19-17-38-24-32(2)34(4)45(61-38)28-46(41)64-44;1-25(24-49-58(9,10)46(6,7)8)17-37-29(5)34-21-30(48)20-32-12-14-36-41(52-32)45-44-43(54-36)42-40(55-44)23-47(56-42,57-45)16-15-33-19-27(3)35(50-33)13-11-31-18-26(2)28(4)38(51-31)22-39(34)53-37;1-2;/h12-16,31-32,35,38-52H,3-4,17-30H2,1-2,5-11H3;25-26,29,31-45H,3-4,11-24H2,1-2,5-10H3;1H3;/q;;-1;+1/t31-,32+,35+,38-,39+,40-,41?,42+,43-,44+,45+,46?,47+,48-,49-,50-,51+,52?,55-;25-,26+,29+,31-,32+,33?,34?,35?,36-,37+,38+,39?,40+,41-,42-,43-,44+,45?,47-;;/m00../s1. The molecule has 736 valence electrons. The van der Waals surface area contributed by atoms with Gasteiger partial charge in [-0.1, -0.05) is 128 Å². The first-order chi connectivity index (χ1) is 61.9. The van der Waals surface area contributed by atoms with E-state index in [4.69, 9.17) is 93.9 Å². The maximum Gasteiger partial charge on any atom is 1.00 e. The summed E-state index contributed by atoms with van der Waals surface area (Å²) in [6.45, 7) is 55.8. The van der Waals surface area contributed by atoms with E-state index < -0.39 is 74.8 Å². The van der Waals surface area contributed by atoms with Gasteiger partial charge in [0.1, 0.15) is 78.7 Å². The van der Waals surface area contributed by atoms with Gasteiger partial charge < -0.3 is 89.7 Å². The van der Waals surface area contributed by atoms with Crippen LogP contribution in [-0.4, -0.2) is 252 Å². The number of ketones is 2. The van der Waals surface area contributed by atoms with Crippen molar-refractivity contribution in [1.29, 1.82) is 0 Å². The number of fused-ring (bicyclic) bond motifs is 10. The van der Waals surface area contributed by atoms with E-state index in [1.54, 1.807) is 24.3 Å². The van der Waals surface area contributed by atoms with E-state index in [2.05, 4.69) is 136 Å². The largest absolute Gasteiger partial charge is 1.00 e. The van der Waals surface area contributed by atoms with Crippen molar-refractivity contribution >= 4 is 44.3 Å². The third kappa shape index (κ3) is 23.2. The minimum Gasteiger partial charge on any atom is -0.857 e. The van der Waals surface area contributed by atoms with Gasteiger partial charge in [-0.2, -0.15) is 15.5 Å². The predicted octanol–water partition coefficient (Wildman–Crippen LogP) is 13.6. The fraction of sp³-hybridized carbons (Fsp3) is 0.835. The summed E-state index contributed by atoms with van der Waals surface area (Å²) in [7, 11) is -7.02. The van der Waals surface area contributed by atoms with Crippen molar-refractivity contribution in [2.75, 3.05) is 26.6 Å². The van der Waals surface area contributed by atoms with Crippen LogP contribution in [0.1, 0.15) is 260 Å². The third-order valence-electron chi connectivity index (χ3n) is 34.4. The number of hydrogen-bond donors (Lipinski definition) is 0. The average molecular weight is 1920 g/mol. The van der Waals surface area contributed by atoms with Gasteiger partial charge in [-0.05, 0) is 214 Å². The van der Waals surface area contributed by atoms with E-state index in [0.29, 0.717) is 107 Å². The zero-order valence-electron chi connectivity index (χ0n) is 82.9. The molecule has 0 N–H and O–H groups in total. The van der Waals surface area contributed by atoms with Crippen LogP contribution in [0, 0.1) is 47.3 Å². The monoisotopic (exact) mass is 1920 g/mol. The third-order valence-corrected chi connectivity index (χ3v) is 43.9. The molecule has 19 fully saturated rings. The summed E-state index contributed by atoms with van der Waals surface area (Å²) in [5, 5.41) is 8.52. The zero-order valence-corrected chi connectivity index (χ0v) is 88.9. The molecule has 1 aromatic rings.